The molecule has 1 unspecified atom stereocenters. The van der Waals surface area contributed by atoms with Crippen molar-refractivity contribution < 1.29 is 27.5 Å². The highest BCUT2D eigenvalue weighted by Gasteiger charge is 2.37. The Morgan fingerprint density at radius 2 is 2.11 bits per heavy atom. The lowest BCUT2D eigenvalue weighted by atomic mass is 10.1. The van der Waals surface area contributed by atoms with Gasteiger partial charge < -0.3 is 19.7 Å². The Kier molecular flexibility index (Phi) is 9.80. The number of alkyl carbamates (subject to hydrolysis) is 1. The summed E-state index contributed by atoms with van der Waals surface area (Å²) < 4.78 is 43.2. The maximum absolute atomic E-state index is 12.9. The Morgan fingerprint density at radius 3 is 2.68 bits per heavy atom. The molecule has 14 heteroatoms. The molecule has 1 saturated heterocycles. The van der Waals surface area contributed by atoms with Gasteiger partial charge in [-0.3, -0.25) is 4.99 Å². The maximum atomic E-state index is 12.9. The van der Waals surface area contributed by atoms with E-state index in [0.717, 1.165) is 16.3 Å². The fraction of sp³-hybridized carbons (Fsp3) is 0.261. The summed E-state index contributed by atoms with van der Waals surface area (Å²) >= 11 is 6.87. The molecule has 0 aliphatic carbocycles. The van der Waals surface area contributed by atoms with Gasteiger partial charge >= 0.3 is 12.6 Å². The number of halogens is 4. The summed E-state index contributed by atoms with van der Waals surface area (Å²) in [7, 11) is 1.31. The van der Waals surface area contributed by atoms with E-state index in [9.17, 15) is 18.0 Å². The summed E-state index contributed by atoms with van der Waals surface area (Å²) in [6.45, 7) is 0.101. The summed E-state index contributed by atoms with van der Waals surface area (Å²) in [6, 6.07) is 7.18. The first-order valence-corrected chi connectivity index (χ1v) is 11.9. The Hall–Kier alpha value is -3.71. The van der Waals surface area contributed by atoms with E-state index in [1.165, 1.54) is 36.8 Å². The minimum Gasteiger partial charge on any atom is -0.453 e. The van der Waals surface area contributed by atoms with Crippen LogP contribution in [-0.4, -0.2) is 64.6 Å². The second-order valence-corrected chi connectivity index (χ2v) is 8.78. The molecule has 1 aromatic carbocycles. The predicted octanol–water partition coefficient (Wildman–Crippen LogP) is 4.63. The van der Waals surface area contributed by atoms with Crippen molar-refractivity contribution >= 4 is 47.2 Å². The summed E-state index contributed by atoms with van der Waals surface area (Å²) in [5, 5.41) is 9.83. The number of carbonyl (C=O) groups excluding carboxylic acids is 2. The average Bonchev–Trinajstić information content (AvgIpc) is 3.66. The predicted molar refractivity (Wildman–Crippen MR) is 133 cm³/mol. The number of benzene rings is 1. The molecule has 2 aliphatic rings. The number of amides is 1. The van der Waals surface area contributed by atoms with E-state index in [-0.39, 0.29) is 11.9 Å². The fourth-order valence-corrected chi connectivity index (χ4v) is 4.53. The van der Waals surface area contributed by atoms with Gasteiger partial charge in [-0.15, -0.1) is 11.3 Å². The van der Waals surface area contributed by atoms with E-state index < -0.39 is 12.6 Å². The zero-order valence-corrected chi connectivity index (χ0v) is 21.1. The molecular formula is C23H22ClF3N6O3S. The van der Waals surface area contributed by atoms with Gasteiger partial charge in [0.15, 0.2) is 10.8 Å². The smallest absolute Gasteiger partial charge is 0.407 e. The number of aromatic nitrogens is 3. The molecule has 0 spiro atoms. The van der Waals surface area contributed by atoms with Crippen LogP contribution >= 0.6 is 22.9 Å². The summed E-state index contributed by atoms with van der Waals surface area (Å²) in [4.78, 5) is 30.5. The minimum absolute atomic E-state index is 0.192. The third-order valence-electron chi connectivity index (χ3n) is 5.19. The first-order chi connectivity index (χ1) is 17.9. The molecule has 5 rings (SSSR count). The van der Waals surface area contributed by atoms with Gasteiger partial charge in [0.2, 0.25) is 0 Å². The van der Waals surface area contributed by atoms with Crippen LogP contribution in [0.5, 0.6) is 0 Å². The second-order valence-electron chi connectivity index (χ2n) is 7.45. The Labute approximate surface area is 219 Å². The lowest BCUT2D eigenvalue weighted by Crippen LogP contribution is -2.39. The van der Waals surface area contributed by atoms with Crippen molar-refractivity contribution in [2.45, 2.75) is 19.0 Å². The number of rotatable bonds is 4. The molecule has 2 aromatic heterocycles. The number of fused-ring (bicyclic) bond motifs is 1. The molecule has 2 aliphatic heterocycles. The monoisotopic (exact) mass is 554 g/mol. The first-order valence-electron chi connectivity index (χ1n) is 10.7. The average molecular weight is 555 g/mol. The molecule has 1 fully saturated rings. The van der Waals surface area contributed by atoms with Crippen molar-refractivity contribution in [3.8, 4) is 0 Å². The normalized spacial score (nSPS) is 16.2. The van der Waals surface area contributed by atoms with Crippen LogP contribution in [0.1, 0.15) is 23.7 Å². The standard InChI is InChI=1S/C16H16F2N6O2S.C6H4ClF.CH2O/c1-26-16(25)21-9-6-12-10(11-2-4-24(22-11)15(17)18)7-20-13(23(12)8-9)14-19-3-5-27-14;7-5-2-1-3-6(8)4-5;1-2/h2-5,9,15H,6-8H2,1H3,(H,21,25);1-4H;1H2. The fourth-order valence-electron chi connectivity index (χ4n) is 3.71. The summed E-state index contributed by atoms with van der Waals surface area (Å²) in [6.07, 6.45) is 2.95. The van der Waals surface area contributed by atoms with Crippen molar-refractivity contribution in [1.29, 1.82) is 0 Å². The van der Waals surface area contributed by atoms with Crippen LogP contribution in [0.25, 0.3) is 5.57 Å². The number of carbonyl (C=O) groups is 2. The third kappa shape index (κ3) is 6.95. The van der Waals surface area contributed by atoms with Gasteiger partial charge in [-0.25, -0.2) is 18.9 Å². The van der Waals surface area contributed by atoms with Crippen LogP contribution in [-0.2, 0) is 9.53 Å². The topological polar surface area (TPSA) is 102 Å². The highest BCUT2D eigenvalue weighted by molar-refractivity contribution is 7.11. The quantitative estimate of drug-likeness (QED) is 0.504. The second kappa shape index (κ2) is 13.0. The number of ether oxygens (including phenoxy) is 1. The number of nitrogens with one attached hydrogen (secondary N) is 1. The molecule has 196 valence electrons. The molecule has 9 nitrogen and oxygen atoms in total. The third-order valence-corrected chi connectivity index (χ3v) is 6.20. The first kappa shape index (κ1) is 27.9. The van der Waals surface area contributed by atoms with Crippen LogP contribution in [0.4, 0.5) is 18.0 Å². The lowest BCUT2D eigenvalue weighted by molar-refractivity contribution is -0.0980. The van der Waals surface area contributed by atoms with E-state index in [0.29, 0.717) is 40.7 Å². The van der Waals surface area contributed by atoms with Gasteiger partial charge in [0, 0.05) is 47.0 Å². The molecule has 0 bridgehead atoms. The van der Waals surface area contributed by atoms with Gasteiger partial charge in [0.25, 0.3) is 0 Å². The number of aliphatic imine (C=N–C) groups is 1. The highest BCUT2D eigenvalue weighted by atomic mass is 35.5. The molecule has 4 heterocycles. The number of methoxy groups -OCH3 is 1. The van der Waals surface area contributed by atoms with Crippen LogP contribution in [0.15, 0.2) is 58.8 Å². The van der Waals surface area contributed by atoms with E-state index >= 15 is 0 Å². The SMILES string of the molecule is C=O.COC(=O)NC1CC2=C(c3ccn(C(F)F)n3)CN=C(c3nccs3)N2C1.Fc1cccc(Cl)c1. The van der Waals surface area contributed by atoms with Crippen LogP contribution in [0.2, 0.25) is 5.02 Å². The van der Waals surface area contributed by atoms with Crippen molar-refractivity contribution in [2.75, 3.05) is 20.2 Å². The van der Waals surface area contributed by atoms with Crippen molar-refractivity contribution in [3.63, 3.8) is 0 Å². The van der Waals surface area contributed by atoms with Gasteiger partial charge in [-0.05, 0) is 24.3 Å². The van der Waals surface area contributed by atoms with Crippen molar-refractivity contribution in [2.24, 2.45) is 4.99 Å². The number of thiazole rings is 1. The van der Waals surface area contributed by atoms with Gasteiger partial charge in [-0.2, -0.15) is 13.9 Å². The number of amidine groups is 1. The minimum atomic E-state index is -2.70. The maximum Gasteiger partial charge on any atom is 0.407 e. The van der Waals surface area contributed by atoms with Crippen molar-refractivity contribution in [3.05, 3.63) is 75.3 Å². The van der Waals surface area contributed by atoms with E-state index in [1.807, 2.05) is 17.1 Å². The Morgan fingerprint density at radius 1 is 1.32 bits per heavy atom. The molecule has 0 saturated carbocycles. The number of nitrogens with zero attached hydrogens (tertiary/aromatic N) is 5. The number of hydrogen-bond donors (Lipinski definition) is 1. The summed E-state index contributed by atoms with van der Waals surface area (Å²) in [5.74, 6) is 0.420. The largest absolute Gasteiger partial charge is 0.453 e. The van der Waals surface area contributed by atoms with Crippen LogP contribution < -0.4 is 5.32 Å². The zero-order valence-electron chi connectivity index (χ0n) is 19.5. The van der Waals surface area contributed by atoms with E-state index in [4.69, 9.17) is 16.4 Å². The van der Waals surface area contributed by atoms with Gasteiger partial charge in [0.05, 0.1) is 25.4 Å². The highest BCUT2D eigenvalue weighted by Crippen LogP contribution is 2.35. The van der Waals surface area contributed by atoms with Crippen molar-refractivity contribution in [1.82, 2.24) is 25.0 Å². The summed E-state index contributed by atoms with van der Waals surface area (Å²) in [5.41, 5.74) is 2.12. The lowest BCUT2D eigenvalue weighted by Gasteiger charge is -2.27. The molecule has 0 radical (unpaired) electrons. The van der Waals surface area contributed by atoms with Gasteiger partial charge in [-0.1, -0.05) is 17.7 Å². The molecule has 3 aromatic rings. The molecule has 1 atom stereocenters. The van der Waals surface area contributed by atoms with E-state index in [2.05, 4.69) is 25.1 Å². The van der Waals surface area contributed by atoms with Crippen LogP contribution in [0.3, 0.4) is 0 Å². The number of hydrogen-bond acceptors (Lipinski definition) is 8. The molecular weight excluding hydrogens is 533 g/mol. The van der Waals surface area contributed by atoms with Gasteiger partial charge in [0.1, 0.15) is 12.6 Å². The Balaban J connectivity index is 0.000000322. The molecule has 1 amide bonds. The molecule has 1 N–H and O–H groups in total. The number of alkyl halides is 2. The zero-order chi connectivity index (χ0) is 26.9. The van der Waals surface area contributed by atoms with E-state index in [1.54, 1.807) is 24.4 Å². The van der Waals surface area contributed by atoms with Crippen LogP contribution in [0, 0.1) is 5.82 Å². The Bertz CT molecular complexity index is 1250. The molecule has 37 heavy (non-hydrogen) atoms.